The van der Waals surface area contributed by atoms with Crippen LogP contribution in [0.15, 0.2) is 24.4 Å². The van der Waals surface area contributed by atoms with E-state index in [1.54, 1.807) is 18.3 Å². The SMILES string of the molecule is CCO[C@@H]1C[C@@H](NC(=O)c2c[nH]c3cccc([N+](=O)[O-])c23)C12CCCC2. The zero-order chi connectivity index (χ0) is 18.3. The number of amides is 1. The Balaban J connectivity index is 1.60. The van der Waals surface area contributed by atoms with Gasteiger partial charge in [0.05, 0.1) is 27.5 Å². The Bertz CT molecular complexity index is 854. The van der Waals surface area contributed by atoms with Crippen LogP contribution in [0.5, 0.6) is 0 Å². The molecule has 2 aromatic rings. The smallest absolute Gasteiger partial charge is 0.279 e. The van der Waals surface area contributed by atoms with Crippen LogP contribution in [0.3, 0.4) is 0 Å². The minimum absolute atomic E-state index is 0.0315. The summed E-state index contributed by atoms with van der Waals surface area (Å²) in [5.41, 5.74) is 0.912. The van der Waals surface area contributed by atoms with Gasteiger partial charge in [-0.3, -0.25) is 14.9 Å². The summed E-state index contributed by atoms with van der Waals surface area (Å²) in [6.07, 6.45) is 7.03. The lowest BCUT2D eigenvalue weighted by Crippen LogP contribution is -2.63. The van der Waals surface area contributed by atoms with E-state index in [1.807, 2.05) is 6.92 Å². The van der Waals surface area contributed by atoms with Crippen LogP contribution >= 0.6 is 0 Å². The Morgan fingerprint density at radius 2 is 2.19 bits per heavy atom. The van der Waals surface area contributed by atoms with Gasteiger partial charge >= 0.3 is 0 Å². The highest BCUT2D eigenvalue weighted by atomic mass is 16.6. The molecule has 2 saturated carbocycles. The van der Waals surface area contributed by atoms with Crippen molar-refractivity contribution >= 4 is 22.5 Å². The molecular formula is C19H23N3O4. The molecule has 1 aromatic heterocycles. The van der Waals surface area contributed by atoms with E-state index >= 15 is 0 Å². The van der Waals surface area contributed by atoms with Crippen molar-refractivity contribution in [3.05, 3.63) is 40.1 Å². The molecule has 7 nitrogen and oxygen atoms in total. The number of aromatic nitrogens is 1. The van der Waals surface area contributed by atoms with E-state index in [0.717, 1.165) is 32.1 Å². The molecule has 0 radical (unpaired) electrons. The van der Waals surface area contributed by atoms with Gasteiger partial charge in [0.15, 0.2) is 0 Å². The first-order valence-corrected chi connectivity index (χ1v) is 9.24. The third-order valence-electron chi connectivity index (χ3n) is 6.12. The number of fused-ring (bicyclic) bond motifs is 1. The second-order valence-corrected chi connectivity index (χ2v) is 7.31. The van der Waals surface area contributed by atoms with Gasteiger partial charge in [0.2, 0.25) is 0 Å². The van der Waals surface area contributed by atoms with Crippen molar-refractivity contribution in [2.75, 3.05) is 6.61 Å². The summed E-state index contributed by atoms with van der Waals surface area (Å²) in [6, 6.07) is 4.86. The van der Waals surface area contributed by atoms with Crippen LogP contribution in [-0.4, -0.2) is 34.6 Å². The zero-order valence-electron chi connectivity index (χ0n) is 14.8. The van der Waals surface area contributed by atoms with E-state index in [0.29, 0.717) is 23.1 Å². The van der Waals surface area contributed by atoms with Crippen molar-refractivity contribution in [2.45, 2.75) is 51.2 Å². The van der Waals surface area contributed by atoms with Crippen LogP contribution in [0, 0.1) is 15.5 Å². The van der Waals surface area contributed by atoms with Crippen molar-refractivity contribution in [3.63, 3.8) is 0 Å². The standard InChI is InChI=1S/C19H23N3O4/c1-2-26-16-10-15(19(16)8-3-4-9-19)21-18(23)12-11-20-13-6-5-7-14(17(12)13)22(24)25/h5-7,11,15-16,20H,2-4,8-10H2,1H3,(H,21,23)/t15-,16-/m1/s1. The van der Waals surface area contributed by atoms with Crippen molar-refractivity contribution in [1.82, 2.24) is 10.3 Å². The Morgan fingerprint density at radius 3 is 2.88 bits per heavy atom. The molecule has 4 rings (SSSR count). The Morgan fingerprint density at radius 1 is 1.42 bits per heavy atom. The fourth-order valence-electron chi connectivity index (χ4n) is 4.82. The van der Waals surface area contributed by atoms with E-state index in [2.05, 4.69) is 10.3 Å². The molecule has 0 aliphatic heterocycles. The molecule has 2 atom stereocenters. The molecule has 2 N–H and O–H groups in total. The summed E-state index contributed by atoms with van der Waals surface area (Å²) in [6.45, 7) is 2.68. The quantitative estimate of drug-likeness (QED) is 0.632. The summed E-state index contributed by atoms with van der Waals surface area (Å²) in [7, 11) is 0. The molecule has 0 bridgehead atoms. The number of nitro benzene ring substituents is 1. The molecule has 2 fully saturated rings. The van der Waals surface area contributed by atoms with Crippen LogP contribution in [0.2, 0.25) is 0 Å². The average Bonchev–Trinajstić information content (AvgIpc) is 3.29. The van der Waals surface area contributed by atoms with Crippen molar-refractivity contribution in [2.24, 2.45) is 5.41 Å². The summed E-state index contributed by atoms with van der Waals surface area (Å²) >= 11 is 0. The lowest BCUT2D eigenvalue weighted by Gasteiger charge is -2.54. The Labute approximate surface area is 151 Å². The highest BCUT2D eigenvalue weighted by Gasteiger charge is 2.57. The first kappa shape index (κ1) is 17.0. The second-order valence-electron chi connectivity index (χ2n) is 7.31. The maximum absolute atomic E-state index is 12.9. The molecular weight excluding hydrogens is 334 g/mol. The first-order chi connectivity index (χ1) is 12.6. The Kier molecular flexibility index (Phi) is 4.19. The maximum Gasteiger partial charge on any atom is 0.279 e. The summed E-state index contributed by atoms with van der Waals surface area (Å²) in [5.74, 6) is -0.253. The van der Waals surface area contributed by atoms with Gasteiger partial charge in [0.25, 0.3) is 11.6 Å². The van der Waals surface area contributed by atoms with Gasteiger partial charge in [-0.25, -0.2) is 0 Å². The molecule has 26 heavy (non-hydrogen) atoms. The van der Waals surface area contributed by atoms with E-state index in [4.69, 9.17) is 4.74 Å². The van der Waals surface area contributed by atoms with Gasteiger partial charge in [-0.15, -0.1) is 0 Å². The average molecular weight is 357 g/mol. The third-order valence-corrected chi connectivity index (χ3v) is 6.12. The van der Waals surface area contributed by atoms with Crippen LogP contribution < -0.4 is 5.32 Å². The molecule has 0 saturated heterocycles. The topological polar surface area (TPSA) is 97.3 Å². The molecule has 138 valence electrons. The summed E-state index contributed by atoms with van der Waals surface area (Å²) < 4.78 is 5.89. The number of carbonyl (C=O) groups excluding carboxylic acids is 1. The minimum Gasteiger partial charge on any atom is -0.378 e. The largest absolute Gasteiger partial charge is 0.378 e. The number of hydrogen-bond donors (Lipinski definition) is 2. The number of rotatable bonds is 5. The maximum atomic E-state index is 12.9. The van der Waals surface area contributed by atoms with Crippen molar-refractivity contribution in [1.29, 1.82) is 0 Å². The molecule has 1 amide bonds. The van der Waals surface area contributed by atoms with Gasteiger partial charge < -0.3 is 15.0 Å². The number of carbonyl (C=O) groups is 1. The fourth-order valence-corrected chi connectivity index (χ4v) is 4.82. The van der Waals surface area contributed by atoms with Gasteiger partial charge in [-0.2, -0.15) is 0 Å². The fraction of sp³-hybridized carbons (Fsp3) is 0.526. The minimum atomic E-state index is -0.445. The Hall–Kier alpha value is -2.41. The van der Waals surface area contributed by atoms with Gasteiger partial charge in [-0.1, -0.05) is 18.9 Å². The van der Waals surface area contributed by atoms with E-state index < -0.39 is 4.92 Å². The number of ether oxygens (including phenoxy) is 1. The third kappa shape index (κ3) is 2.49. The van der Waals surface area contributed by atoms with Gasteiger partial charge in [0.1, 0.15) is 0 Å². The van der Waals surface area contributed by atoms with Crippen LogP contribution in [-0.2, 0) is 4.74 Å². The van der Waals surface area contributed by atoms with E-state index in [1.165, 1.54) is 6.07 Å². The number of nitrogens with zero attached hydrogens (tertiary/aromatic N) is 1. The van der Waals surface area contributed by atoms with Crippen LogP contribution in [0.25, 0.3) is 10.9 Å². The number of benzene rings is 1. The van der Waals surface area contributed by atoms with E-state index in [9.17, 15) is 14.9 Å². The zero-order valence-corrected chi connectivity index (χ0v) is 14.8. The highest BCUT2D eigenvalue weighted by Crippen LogP contribution is 2.54. The second kappa shape index (κ2) is 6.39. The lowest BCUT2D eigenvalue weighted by atomic mass is 9.60. The molecule has 2 aliphatic carbocycles. The van der Waals surface area contributed by atoms with E-state index in [-0.39, 0.29) is 29.2 Å². The first-order valence-electron chi connectivity index (χ1n) is 9.24. The van der Waals surface area contributed by atoms with Crippen LogP contribution in [0.4, 0.5) is 5.69 Å². The normalized spacial score (nSPS) is 23.9. The van der Waals surface area contributed by atoms with Gasteiger partial charge in [0, 0.05) is 30.3 Å². The molecule has 1 aromatic carbocycles. The molecule has 2 aliphatic rings. The molecule has 0 unspecified atom stereocenters. The van der Waals surface area contributed by atoms with Crippen LogP contribution in [0.1, 0.15) is 49.4 Å². The number of nitrogens with one attached hydrogen (secondary N) is 2. The predicted octanol–water partition coefficient (Wildman–Crippen LogP) is 3.54. The number of H-pyrrole nitrogens is 1. The predicted molar refractivity (Wildman–Crippen MR) is 97.1 cm³/mol. The highest BCUT2D eigenvalue weighted by molar-refractivity contribution is 6.10. The number of non-ortho nitro benzene ring substituents is 1. The lowest BCUT2D eigenvalue weighted by molar-refractivity contribution is -0.383. The molecule has 1 heterocycles. The monoisotopic (exact) mass is 357 g/mol. The van der Waals surface area contributed by atoms with Crippen molar-refractivity contribution < 1.29 is 14.5 Å². The summed E-state index contributed by atoms with van der Waals surface area (Å²) in [5, 5.41) is 14.8. The number of nitro groups is 1. The van der Waals surface area contributed by atoms with Crippen molar-refractivity contribution in [3.8, 4) is 0 Å². The van der Waals surface area contributed by atoms with Gasteiger partial charge in [-0.05, 0) is 32.3 Å². The number of aromatic amines is 1. The molecule has 7 heteroatoms. The number of hydrogen-bond acceptors (Lipinski definition) is 4. The molecule has 1 spiro atoms. The summed E-state index contributed by atoms with van der Waals surface area (Å²) in [4.78, 5) is 26.8.